The first-order valence-electron chi connectivity index (χ1n) is 15.2. The summed E-state index contributed by atoms with van der Waals surface area (Å²) in [6.45, 7) is 0. The van der Waals surface area contributed by atoms with Crippen LogP contribution in [-0.2, 0) is 6.42 Å². The normalized spacial score (nSPS) is 12.0. The molecule has 1 aliphatic rings. The van der Waals surface area contributed by atoms with Gasteiger partial charge in [-0.05, 0) is 92.4 Å². The van der Waals surface area contributed by atoms with Crippen LogP contribution in [0.3, 0.4) is 0 Å². The third kappa shape index (κ3) is 4.01. The predicted molar refractivity (Wildman–Crippen MR) is 184 cm³/mol. The molecule has 1 aliphatic carbocycles. The van der Waals surface area contributed by atoms with Gasteiger partial charge in [0.05, 0.1) is 0 Å². The molecule has 0 radical (unpaired) electrons. The molecule has 0 spiro atoms. The van der Waals surface area contributed by atoms with Gasteiger partial charge in [-0.3, -0.25) is 0 Å². The van der Waals surface area contributed by atoms with E-state index in [4.69, 9.17) is 4.42 Å². The van der Waals surface area contributed by atoms with Gasteiger partial charge in [-0.1, -0.05) is 127 Å². The molecule has 1 heterocycles. The van der Waals surface area contributed by atoms with Gasteiger partial charge >= 0.3 is 0 Å². The van der Waals surface area contributed by atoms with Gasteiger partial charge < -0.3 is 4.42 Å². The molecule has 0 atom stereocenters. The van der Waals surface area contributed by atoms with Gasteiger partial charge in [-0.15, -0.1) is 0 Å². The fourth-order valence-corrected chi connectivity index (χ4v) is 6.91. The summed E-state index contributed by atoms with van der Waals surface area (Å²) in [6.07, 6.45) is 0.985. The van der Waals surface area contributed by atoms with E-state index in [9.17, 15) is 0 Å². The maximum Gasteiger partial charge on any atom is 0.143 e. The Bertz CT molecular complexity index is 2330. The molecular weight excluding hydrogens is 532 g/mol. The number of rotatable bonds is 4. The first-order chi connectivity index (χ1) is 21.8. The van der Waals surface area contributed by atoms with Crippen LogP contribution in [0.25, 0.3) is 77.6 Å². The van der Waals surface area contributed by atoms with Crippen molar-refractivity contribution in [1.29, 1.82) is 0 Å². The maximum absolute atomic E-state index is 6.99. The monoisotopic (exact) mass is 560 g/mol. The molecule has 0 bridgehead atoms. The lowest BCUT2D eigenvalue weighted by Crippen LogP contribution is -1.86. The van der Waals surface area contributed by atoms with Crippen LogP contribution in [0.4, 0.5) is 0 Å². The minimum atomic E-state index is 0.920. The minimum Gasteiger partial charge on any atom is -0.455 e. The van der Waals surface area contributed by atoms with E-state index in [1.807, 2.05) is 0 Å². The van der Waals surface area contributed by atoms with E-state index in [0.717, 1.165) is 45.0 Å². The van der Waals surface area contributed by atoms with E-state index in [1.165, 1.54) is 50.1 Å². The highest BCUT2D eigenvalue weighted by Gasteiger charge is 2.22. The largest absolute Gasteiger partial charge is 0.455 e. The predicted octanol–water partition coefficient (Wildman–Crippen LogP) is 11.8. The van der Waals surface area contributed by atoms with Crippen LogP contribution in [0, 0.1) is 0 Å². The Morgan fingerprint density at radius 1 is 0.318 bits per heavy atom. The van der Waals surface area contributed by atoms with E-state index in [0.29, 0.717) is 0 Å². The minimum absolute atomic E-state index is 0.920. The maximum atomic E-state index is 6.99. The molecule has 44 heavy (non-hydrogen) atoms. The van der Waals surface area contributed by atoms with Crippen molar-refractivity contribution >= 4 is 21.9 Å². The Morgan fingerprint density at radius 2 is 0.795 bits per heavy atom. The fraction of sp³-hybridized carbons (Fsp3) is 0.0233. The summed E-state index contributed by atoms with van der Waals surface area (Å²) in [4.78, 5) is 0. The summed E-state index contributed by atoms with van der Waals surface area (Å²) in [5, 5.41) is 2.26. The molecule has 7 aromatic carbocycles. The van der Waals surface area contributed by atoms with Crippen molar-refractivity contribution in [3.63, 3.8) is 0 Å². The van der Waals surface area contributed by atoms with Crippen molar-refractivity contribution in [3.8, 4) is 55.6 Å². The van der Waals surface area contributed by atoms with Crippen molar-refractivity contribution in [3.05, 3.63) is 169 Å². The summed E-state index contributed by atoms with van der Waals surface area (Å²) in [5.41, 5.74) is 16.6. The van der Waals surface area contributed by atoms with E-state index in [1.54, 1.807) is 0 Å². The van der Waals surface area contributed by atoms with Crippen LogP contribution in [-0.4, -0.2) is 0 Å². The zero-order valence-electron chi connectivity index (χ0n) is 24.1. The van der Waals surface area contributed by atoms with Crippen molar-refractivity contribution < 1.29 is 4.42 Å². The summed E-state index contributed by atoms with van der Waals surface area (Å²) in [7, 11) is 0. The van der Waals surface area contributed by atoms with Crippen molar-refractivity contribution in [1.82, 2.24) is 0 Å². The number of hydrogen-bond donors (Lipinski definition) is 0. The Labute approximate surface area is 256 Å². The third-order valence-corrected chi connectivity index (χ3v) is 9.08. The van der Waals surface area contributed by atoms with Crippen molar-refractivity contribution in [2.24, 2.45) is 0 Å². The third-order valence-electron chi connectivity index (χ3n) is 9.08. The van der Waals surface area contributed by atoms with Crippen LogP contribution in [0.5, 0.6) is 0 Å². The SMILES string of the molecule is c1ccc(-c2cc(-c3ccccc3)c3oc4c(-c5ccc6c(c5)-c5ccccc5C6)cc(-c5ccccc5)cc4c3c2)cc1. The van der Waals surface area contributed by atoms with Crippen LogP contribution in [0.2, 0.25) is 0 Å². The molecule has 1 heteroatoms. The number of hydrogen-bond acceptors (Lipinski definition) is 1. The average molecular weight is 561 g/mol. The Hall–Kier alpha value is -5.66. The molecule has 9 rings (SSSR count). The number of fused-ring (bicyclic) bond motifs is 6. The van der Waals surface area contributed by atoms with Gasteiger partial charge in [-0.2, -0.15) is 0 Å². The molecule has 0 fully saturated rings. The first-order valence-corrected chi connectivity index (χ1v) is 15.2. The van der Waals surface area contributed by atoms with Crippen molar-refractivity contribution in [2.45, 2.75) is 6.42 Å². The molecule has 1 aromatic heterocycles. The van der Waals surface area contributed by atoms with Gasteiger partial charge in [0.1, 0.15) is 11.2 Å². The zero-order valence-corrected chi connectivity index (χ0v) is 24.1. The summed E-state index contributed by atoms with van der Waals surface area (Å²) < 4.78 is 6.99. The van der Waals surface area contributed by atoms with E-state index in [-0.39, 0.29) is 0 Å². The summed E-state index contributed by atoms with van der Waals surface area (Å²) in [5.74, 6) is 0. The lowest BCUT2D eigenvalue weighted by molar-refractivity contribution is 0.671. The molecule has 0 unspecified atom stereocenters. The molecule has 206 valence electrons. The number of furan rings is 1. The Balaban J connectivity index is 1.37. The second-order valence-corrected chi connectivity index (χ2v) is 11.7. The van der Waals surface area contributed by atoms with Crippen molar-refractivity contribution in [2.75, 3.05) is 0 Å². The Kier molecular flexibility index (Phi) is 5.64. The highest BCUT2D eigenvalue weighted by atomic mass is 16.3. The summed E-state index contributed by atoms with van der Waals surface area (Å²) >= 11 is 0. The first kappa shape index (κ1) is 24.9. The van der Waals surface area contributed by atoms with E-state index >= 15 is 0 Å². The topological polar surface area (TPSA) is 13.1 Å². The quantitative estimate of drug-likeness (QED) is 0.209. The zero-order chi connectivity index (χ0) is 29.0. The van der Waals surface area contributed by atoms with E-state index in [2.05, 4.69) is 158 Å². The average Bonchev–Trinajstić information content (AvgIpc) is 3.66. The molecular formula is C43H28O. The summed E-state index contributed by atoms with van der Waals surface area (Å²) in [6, 6.07) is 56.9. The smallest absolute Gasteiger partial charge is 0.143 e. The van der Waals surface area contributed by atoms with Gasteiger partial charge in [0.15, 0.2) is 0 Å². The molecule has 0 aliphatic heterocycles. The van der Waals surface area contributed by atoms with Crippen LogP contribution >= 0.6 is 0 Å². The van der Waals surface area contributed by atoms with Crippen LogP contribution in [0.15, 0.2) is 162 Å². The second kappa shape index (κ2) is 9.97. The molecule has 0 N–H and O–H groups in total. The highest BCUT2D eigenvalue weighted by molar-refractivity contribution is 6.15. The van der Waals surface area contributed by atoms with Gasteiger partial charge in [0.25, 0.3) is 0 Å². The lowest BCUT2D eigenvalue weighted by Gasteiger charge is -2.10. The standard InChI is InChI=1S/C43H28O/c1-4-12-28(13-5-1)34-24-38(30-16-8-3-9-17-30)42-40(26-34)41-27-35(29-14-6-2-7-15-29)25-39(43(41)44-42)33-21-20-32-22-31-18-10-11-19-36(31)37(32)23-33/h1-21,23-27H,22H2. The molecule has 0 saturated carbocycles. The molecule has 0 saturated heterocycles. The van der Waals surface area contributed by atoms with E-state index < -0.39 is 0 Å². The molecule has 8 aromatic rings. The molecule has 1 nitrogen and oxygen atoms in total. The van der Waals surface area contributed by atoms with Crippen LogP contribution in [0.1, 0.15) is 11.1 Å². The Morgan fingerprint density at radius 3 is 1.41 bits per heavy atom. The van der Waals surface area contributed by atoms with Gasteiger partial charge in [-0.25, -0.2) is 0 Å². The lowest BCUT2D eigenvalue weighted by atomic mass is 9.92. The van der Waals surface area contributed by atoms with Crippen LogP contribution < -0.4 is 0 Å². The second-order valence-electron chi connectivity index (χ2n) is 11.7. The van der Waals surface area contributed by atoms with Gasteiger partial charge in [0, 0.05) is 21.9 Å². The fourth-order valence-electron chi connectivity index (χ4n) is 6.91. The van der Waals surface area contributed by atoms with Gasteiger partial charge in [0.2, 0.25) is 0 Å². The number of benzene rings is 7. The molecule has 0 amide bonds. The highest BCUT2D eigenvalue weighted by Crippen LogP contribution is 2.46.